The van der Waals surface area contributed by atoms with Crippen LogP contribution in [0.4, 0.5) is 0 Å². The van der Waals surface area contributed by atoms with Crippen molar-refractivity contribution in [2.45, 2.75) is 32.9 Å². The number of amides is 1. The lowest BCUT2D eigenvalue weighted by atomic mass is 9.95. The largest absolute Gasteiger partial charge is 0.388 e. The predicted molar refractivity (Wildman–Crippen MR) is 96.1 cm³/mol. The Morgan fingerprint density at radius 3 is 2.50 bits per heavy atom. The van der Waals surface area contributed by atoms with Gasteiger partial charge in [0.1, 0.15) is 4.32 Å². The molecule has 0 aromatic heterocycles. The van der Waals surface area contributed by atoms with Gasteiger partial charge < -0.3 is 5.11 Å². The molecule has 22 heavy (non-hydrogen) atoms. The zero-order chi connectivity index (χ0) is 16.4. The van der Waals surface area contributed by atoms with Crippen LogP contribution in [0.1, 0.15) is 32.4 Å². The minimum atomic E-state index is -0.869. The first-order chi connectivity index (χ1) is 10.3. The van der Waals surface area contributed by atoms with E-state index in [2.05, 4.69) is 13.8 Å². The van der Waals surface area contributed by atoms with E-state index in [1.807, 2.05) is 0 Å². The molecule has 1 amide bonds. The van der Waals surface area contributed by atoms with Gasteiger partial charge in [-0.2, -0.15) is 0 Å². The number of hydrogen-bond donors (Lipinski definition) is 1. The Bertz CT molecular complexity index is 562. The van der Waals surface area contributed by atoms with Gasteiger partial charge in [0.2, 0.25) is 5.91 Å². The van der Waals surface area contributed by atoms with E-state index in [0.29, 0.717) is 20.8 Å². The summed E-state index contributed by atoms with van der Waals surface area (Å²) in [5.74, 6) is 0.485. The predicted octanol–water partition coefficient (Wildman–Crippen LogP) is 3.89. The molecule has 0 radical (unpaired) electrons. The van der Waals surface area contributed by atoms with Gasteiger partial charge in [-0.25, -0.2) is 0 Å². The summed E-state index contributed by atoms with van der Waals surface area (Å²) >= 11 is 12.7. The number of nitrogens with zero attached hydrogens (tertiary/aromatic N) is 1. The van der Waals surface area contributed by atoms with Crippen molar-refractivity contribution < 1.29 is 9.90 Å². The van der Waals surface area contributed by atoms with E-state index in [0.717, 1.165) is 5.75 Å². The van der Waals surface area contributed by atoms with Crippen molar-refractivity contribution in [2.24, 2.45) is 11.8 Å². The van der Waals surface area contributed by atoms with E-state index in [4.69, 9.17) is 23.8 Å². The van der Waals surface area contributed by atoms with E-state index in [9.17, 15) is 9.90 Å². The minimum Gasteiger partial charge on any atom is -0.388 e. The Morgan fingerprint density at radius 2 is 1.95 bits per heavy atom. The van der Waals surface area contributed by atoms with Crippen LogP contribution in [0.15, 0.2) is 24.3 Å². The van der Waals surface area contributed by atoms with Crippen LogP contribution in [0.3, 0.4) is 0 Å². The van der Waals surface area contributed by atoms with Crippen molar-refractivity contribution in [2.75, 3.05) is 5.75 Å². The SMILES string of the molecule is CC(C)[C@H]1CSC(=S)N1C(=O)[C@@H](C)[C@H](O)c1ccc(Cl)cc1. The number of halogens is 1. The molecule has 1 aromatic rings. The minimum absolute atomic E-state index is 0.102. The molecule has 1 N–H and O–H groups in total. The molecule has 0 unspecified atom stereocenters. The van der Waals surface area contributed by atoms with Gasteiger partial charge in [0, 0.05) is 16.8 Å². The first-order valence-corrected chi connectivity index (χ1v) is 9.03. The lowest BCUT2D eigenvalue weighted by molar-refractivity contribution is -0.136. The average Bonchev–Trinajstić information content (AvgIpc) is 2.87. The summed E-state index contributed by atoms with van der Waals surface area (Å²) in [6, 6.07) is 7.02. The molecular weight excluding hydrogens is 338 g/mol. The second-order valence-electron chi connectivity index (χ2n) is 5.88. The summed E-state index contributed by atoms with van der Waals surface area (Å²) < 4.78 is 0.610. The average molecular weight is 358 g/mol. The zero-order valence-corrected chi connectivity index (χ0v) is 15.2. The van der Waals surface area contributed by atoms with Crippen LogP contribution in [0.25, 0.3) is 0 Å². The first kappa shape index (κ1) is 17.7. The highest BCUT2D eigenvalue weighted by Gasteiger charge is 2.39. The standard InChI is InChI=1S/C16H20ClNO2S2/c1-9(2)13-8-22-16(21)18(13)15(20)10(3)14(19)11-4-6-12(17)7-5-11/h4-7,9-10,13-14,19H,8H2,1-3H3/t10-,13+,14-/m0/s1. The normalized spacial score (nSPS) is 21.3. The molecule has 120 valence electrons. The zero-order valence-electron chi connectivity index (χ0n) is 12.8. The summed E-state index contributed by atoms with van der Waals surface area (Å²) in [7, 11) is 0. The fraction of sp³-hybridized carbons (Fsp3) is 0.500. The smallest absolute Gasteiger partial charge is 0.234 e. The van der Waals surface area contributed by atoms with Crippen molar-refractivity contribution in [3.63, 3.8) is 0 Å². The summed E-state index contributed by atoms with van der Waals surface area (Å²) in [5.41, 5.74) is 0.684. The molecular formula is C16H20ClNO2S2. The van der Waals surface area contributed by atoms with Crippen LogP contribution in [-0.2, 0) is 4.79 Å². The Hall–Kier alpha value is -0.620. The number of carbonyl (C=O) groups is 1. The molecule has 1 aliphatic rings. The van der Waals surface area contributed by atoms with E-state index in [1.54, 1.807) is 36.1 Å². The van der Waals surface area contributed by atoms with Gasteiger partial charge in [0.05, 0.1) is 12.0 Å². The summed E-state index contributed by atoms with van der Waals surface area (Å²) in [4.78, 5) is 14.5. The first-order valence-electron chi connectivity index (χ1n) is 7.26. The molecule has 0 aliphatic carbocycles. The van der Waals surface area contributed by atoms with Gasteiger partial charge in [-0.3, -0.25) is 9.69 Å². The topological polar surface area (TPSA) is 40.5 Å². The van der Waals surface area contributed by atoms with Crippen molar-refractivity contribution in [3.05, 3.63) is 34.9 Å². The van der Waals surface area contributed by atoms with E-state index >= 15 is 0 Å². The molecule has 1 aromatic carbocycles. The lowest BCUT2D eigenvalue weighted by Gasteiger charge is -2.30. The Kier molecular flexibility index (Phi) is 5.88. The van der Waals surface area contributed by atoms with Crippen LogP contribution in [-0.4, -0.2) is 32.0 Å². The Morgan fingerprint density at radius 1 is 1.36 bits per heavy atom. The molecule has 0 spiro atoms. The maximum Gasteiger partial charge on any atom is 0.234 e. The number of rotatable bonds is 4. The van der Waals surface area contributed by atoms with Crippen molar-refractivity contribution in [3.8, 4) is 0 Å². The number of aliphatic hydroxyl groups excluding tert-OH is 1. The number of carbonyl (C=O) groups excluding carboxylic acids is 1. The molecule has 1 saturated heterocycles. The van der Waals surface area contributed by atoms with Gasteiger partial charge in [-0.05, 0) is 23.6 Å². The maximum absolute atomic E-state index is 12.8. The highest BCUT2D eigenvalue weighted by atomic mass is 35.5. The maximum atomic E-state index is 12.8. The van der Waals surface area contributed by atoms with Gasteiger partial charge in [0.15, 0.2) is 0 Å². The summed E-state index contributed by atoms with van der Waals surface area (Å²) in [6.45, 7) is 5.91. The quantitative estimate of drug-likeness (QED) is 0.830. The highest BCUT2D eigenvalue weighted by molar-refractivity contribution is 8.23. The molecule has 6 heteroatoms. The fourth-order valence-electron chi connectivity index (χ4n) is 2.48. The summed E-state index contributed by atoms with van der Waals surface area (Å²) in [5, 5.41) is 11.1. The summed E-state index contributed by atoms with van der Waals surface area (Å²) in [6.07, 6.45) is -0.869. The molecule has 2 rings (SSSR count). The van der Waals surface area contributed by atoms with Crippen LogP contribution in [0.2, 0.25) is 5.02 Å². The molecule has 3 atom stereocenters. The second kappa shape index (κ2) is 7.30. The Labute approximate surface area is 146 Å². The number of thioether (sulfide) groups is 1. The molecule has 0 saturated carbocycles. The number of hydrogen-bond acceptors (Lipinski definition) is 4. The van der Waals surface area contributed by atoms with E-state index in [-0.39, 0.29) is 11.9 Å². The third-order valence-corrected chi connectivity index (χ3v) is 5.74. The van der Waals surface area contributed by atoms with Gasteiger partial charge in [-0.1, -0.05) is 68.5 Å². The van der Waals surface area contributed by atoms with Crippen LogP contribution < -0.4 is 0 Å². The van der Waals surface area contributed by atoms with Crippen LogP contribution >= 0.6 is 35.6 Å². The Balaban J connectivity index is 2.17. The highest BCUT2D eigenvalue weighted by Crippen LogP contribution is 2.33. The monoisotopic (exact) mass is 357 g/mol. The van der Waals surface area contributed by atoms with Gasteiger partial charge in [0.25, 0.3) is 0 Å². The number of thiocarbonyl (C=S) groups is 1. The van der Waals surface area contributed by atoms with Crippen molar-refractivity contribution in [1.29, 1.82) is 0 Å². The van der Waals surface area contributed by atoms with Crippen molar-refractivity contribution >= 4 is 45.8 Å². The van der Waals surface area contributed by atoms with Crippen LogP contribution in [0.5, 0.6) is 0 Å². The third-order valence-electron chi connectivity index (χ3n) is 3.99. The number of aliphatic hydroxyl groups is 1. The second-order valence-corrected chi connectivity index (χ2v) is 7.97. The fourth-order valence-corrected chi connectivity index (χ4v) is 4.25. The van der Waals surface area contributed by atoms with Crippen molar-refractivity contribution in [1.82, 2.24) is 4.90 Å². The third kappa shape index (κ3) is 3.65. The molecule has 0 bridgehead atoms. The van der Waals surface area contributed by atoms with E-state index < -0.39 is 12.0 Å². The molecule has 3 nitrogen and oxygen atoms in total. The molecule has 1 aliphatic heterocycles. The van der Waals surface area contributed by atoms with Gasteiger partial charge in [-0.15, -0.1) is 0 Å². The van der Waals surface area contributed by atoms with Gasteiger partial charge >= 0.3 is 0 Å². The molecule has 1 fully saturated rings. The van der Waals surface area contributed by atoms with E-state index in [1.165, 1.54) is 11.8 Å². The lowest BCUT2D eigenvalue weighted by Crippen LogP contribution is -2.45. The number of benzene rings is 1. The molecule has 1 heterocycles. The van der Waals surface area contributed by atoms with Crippen LogP contribution in [0, 0.1) is 11.8 Å².